The van der Waals surface area contributed by atoms with Gasteiger partial charge >= 0.3 is 12.1 Å². The maximum atomic E-state index is 14.0. The lowest BCUT2D eigenvalue weighted by Gasteiger charge is -2.42. The maximum absolute atomic E-state index is 14.0. The van der Waals surface area contributed by atoms with Gasteiger partial charge in [-0.15, -0.1) is 0 Å². The number of allylic oxidation sites excluding steroid dienone is 3. The quantitative estimate of drug-likeness (QED) is 0.214. The number of hydrogen-bond donors (Lipinski definition) is 3. The van der Waals surface area contributed by atoms with Crippen molar-refractivity contribution in [2.75, 3.05) is 39.0 Å². The minimum atomic E-state index is -1.82. The number of benzene rings is 1. The van der Waals surface area contributed by atoms with Crippen LogP contribution in [0, 0.1) is 5.92 Å². The van der Waals surface area contributed by atoms with Gasteiger partial charge in [0.15, 0.2) is 5.72 Å². The average Bonchev–Trinajstić information content (AvgIpc) is 3.76. The number of amides is 3. The zero-order valence-corrected chi connectivity index (χ0v) is 31.4. The molecular weight excluding hydrogens is 690 g/mol. The average molecular weight is 738 g/mol. The molecule has 276 valence electrons. The number of aliphatic hydroxyl groups is 1. The second kappa shape index (κ2) is 15.9. The number of fused-ring (bicyclic) bond motifs is 5. The number of methoxy groups -OCH3 is 2. The van der Waals surface area contributed by atoms with Gasteiger partial charge in [-0.3, -0.25) is 14.9 Å². The summed E-state index contributed by atoms with van der Waals surface area (Å²) < 4.78 is 29.0. The highest BCUT2D eigenvalue weighted by molar-refractivity contribution is 7.80. The molecule has 3 aliphatic heterocycles. The van der Waals surface area contributed by atoms with Crippen LogP contribution in [0.4, 0.5) is 10.5 Å². The van der Waals surface area contributed by atoms with Crippen molar-refractivity contribution in [3.63, 3.8) is 0 Å². The number of nitrogens with zero attached hydrogens (tertiary/aromatic N) is 2. The van der Waals surface area contributed by atoms with Crippen molar-refractivity contribution >= 4 is 53.8 Å². The summed E-state index contributed by atoms with van der Waals surface area (Å²) in [5, 5.41) is 14.4. The first kappa shape index (κ1) is 39.5. The van der Waals surface area contributed by atoms with Crippen LogP contribution >= 0.6 is 24.2 Å². The van der Waals surface area contributed by atoms with Gasteiger partial charge in [0.05, 0.1) is 25.3 Å². The molecule has 0 radical (unpaired) electrons. The van der Waals surface area contributed by atoms with Crippen LogP contribution in [-0.2, 0) is 39.8 Å². The summed E-state index contributed by atoms with van der Waals surface area (Å²) in [5.41, 5.74) is -0.903. The normalized spacial score (nSPS) is 30.7. The molecule has 8 atom stereocenters. The van der Waals surface area contributed by atoms with E-state index in [2.05, 4.69) is 17.9 Å². The fraction of sp³-hybridized carbons (Fsp3) is 0.600. The number of thiol groups is 1. The van der Waals surface area contributed by atoms with E-state index < -0.39 is 65.7 Å². The molecule has 2 N–H and O–H groups in total. The van der Waals surface area contributed by atoms with E-state index in [-0.39, 0.29) is 30.2 Å². The largest absolute Gasteiger partial charge is 0.495 e. The molecule has 13 nitrogen and oxygen atoms in total. The summed E-state index contributed by atoms with van der Waals surface area (Å²) in [7, 11) is 5.98. The molecule has 15 heteroatoms. The third-order valence-corrected chi connectivity index (χ3v) is 10.5. The van der Waals surface area contributed by atoms with Crippen LogP contribution in [0.3, 0.4) is 0 Å². The molecule has 1 aromatic rings. The highest BCUT2D eigenvalue weighted by Crippen LogP contribution is 2.49. The Balaban J connectivity index is 1.78. The van der Waals surface area contributed by atoms with Crippen molar-refractivity contribution < 1.29 is 48.0 Å². The van der Waals surface area contributed by atoms with Crippen LogP contribution in [0.15, 0.2) is 35.9 Å². The van der Waals surface area contributed by atoms with Crippen molar-refractivity contribution in [1.82, 2.24) is 10.2 Å². The van der Waals surface area contributed by atoms with E-state index >= 15 is 0 Å². The first-order chi connectivity index (χ1) is 23.5. The number of nitrogens with one attached hydrogen (secondary N) is 1. The van der Waals surface area contributed by atoms with E-state index in [0.717, 1.165) is 11.1 Å². The van der Waals surface area contributed by atoms with Crippen LogP contribution in [0.2, 0.25) is 5.02 Å². The third kappa shape index (κ3) is 8.42. The van der Waals surface area contributed by atoms with Crippen molar-refractivity contribution in [3.8, 4) is 5.75 Å². The van der Waals surface area contributed by atoms with Gasteiger partial charge in [-0.25, -0.2) is 9.59 Å². The van der Waals surface area contributed by atoms with Gasteiger partial charge in [-0.05, 0) is 50.6 Å². The highest BCUT2D eigenvalue weighted by atomic mass is 35.5. The van der Waals surface area contributed by atoms with Gasteiger partial charge in [0, 0.05) is 40.0 Å². The third-order valence-electron chi connectivity index (χ3n) is 9.85. The summed E-state index contributed by atoms with van der Waals surface area (Å²) in [6.45, 7) is 6.96. The zero-order valence-electron chi connectivity index (χ0n) is 29.7. The van der Waals surface area contributed by atoms with E-state index in [1.807, 2.05) is 13.0 Å². The smallest absolute Gasteiger partial charge is 0.409 e. The van der Waals surface area contributed by atoms with Crippen LogP contribution in [-0.4, -0.2) is 110 Å². The molecule has 0 saturated carbocycles. The molecule has 3 heterocycles. The first-order valence-corrected chi connectivity index (χ1v) is 17.5. The van der Waals surface area contributed by atoms with Crippen LogP contribution in [0.25, 0.3) is 0 Å². The Morgan fingerprint density at radius 1 is 1.28 bits per heavy atom. The monoisotopic (exact) mass is 737 g/mol. The van der Waals surface area contributed by atoms with Gasteiger partial charge < -0.3 is 38.6 Å². The summed E-state index contributed by atoms with van der Waals surface area (Å²) in [6, 6.07) is 2.60. The van der Waals surface area contributed by atoms with Crippen molar-refractivity contribution in [2.24, 2.45) is 5.92 Å². The Morgan fingerprint density at radius 3 is 2.62 bits per heavy atom. The van der Waals surface area contributed by atoms with Crippen molar-refractivity contribution in [1.29, 1.82) is 0 Å². The van der Waals surface area contributed by atoms with E-state index in [0.29, 0.717) is 23.6 Å². The molecule has 3 aliphatic rings. The molecule has 4 bridgehead atoms. The fourth-order valence-corrected chi connectivity index (χ4v) is 6.99. The van der Waals surface area contributed by atoms with E-state index in [1.165, 1.54) is 38.0 Å². The molecule has 0 aromatic heterocycles. The molecule has 0 spiro atoms. The number of anilines is 1. The molecule has 0 aliphatic carbocycles. The summed E-state index contributed by atoms with van der Waals surface area (Å²) in [5.74, 6) is -1.30. The molecule has 0 unspecified atom stereocenters. The number of esters is 1. The van der Waals surface area contributed by atoms with Gasteiger partial charge in [0.25, 0.3) is 0 Å². The summed E-state index contributed by atoms with van der Waals surface area (Å²) in [6.07, 6.45) is 1.08. The van der Waals surface area contributed by atoms with Crippen LogP contribution in [0.1, 0.15) is 52.5 Å². The van der Waals surface area contributed by atoms with Gasteiger partial charge in [0.2, 0.25) is 11.8 Å². The maximum Gasteiger partial charge on any atom is 0.409 e. The van der Waals surface area contributed by atoms with Crippen molar-refractivity contribution in [2.45, 2.75) is 95.2 Å². The van der Waals surface area contributed by atoms with E-state index in [4.69, 9.17) is 35.3 Å². The number of epoxide rings is 1. The van der Waals surface area contributed by atoms with Gasteiger partial charge in [-0.1, -0.05) is 42.3 Å². The number of carbonyl (C=O) groups is 4. The minimum Gasteiger partial charge on any atom is -0.495 e. The molecule has 4 rings (SSSR count). The lowest BCUT2D eigenvalue weighted by atomic mass is 9.83. The number of carbonyl (C=O) groups excluding carboxylic acids is 4. The molecule has 2 saturated heterocycles. The number of ether oxygens (including phenoxy) is 5. The number of likely N-dealkylation sites (N-methyl/N-ethyl adjacent to an activating group) is 1. The standard InChI is InChI=1S/C35H48ClN3O10S/c1-19-10-9-11-26(46-8)35(44)18-25(47-33(43)37-35)20(2)31-34(4,49-31)27(48-32(42)21(3)38(5)28(40)12-13-50)17-29(41)39(6)23-15-22(14-19)16-24(45-7)30(23)36/h9-11,15-16,20-21,25-27,31,44,50H,12-14,17-18H2,1-8H3,(H,37,43)/t20-,21+,25-,26+,27+,31-,34+,35+/m1/s1. The minimum absolute atomic E-state index is 0.0489. The van der Waals surface area contributed by atoms with Crippen LogP contribution in [0.5, 0.6) is 5.75 Å². The predicted octanol–water partition coefficient (Wildman–Crippen LogP) is 3.83. The highest BCUT2D eigenvalue weighted by Gasteiger charge is 2.64. The number of hydrogen-bond acceptors (Lipinski definition) is 11. The Morgan fingerprint density at radius 2 is 1.98 bits per heavy atom. The number of halogens is 1. The summed E-state index contributed by atoms with van der Waals surface area (Å²) >= 11 is 10.8. The number of alkyl carbamates (subject to hydrolysis) is 1. The lowest BCUT2D eigenvalue weighted by molar-refractivity contribution is -0.161. The fourth-order valence-electron chi connectivity index (χ4n) is 6.49. The Hall–Kier alpha value is -3.30. The summed E-state index contributed by atoms with van der Waals surface area (Å²) in [4.78, 5) is 55.6. The Kier molecular flexibility index (Phi) is 12.6. The van der Waals surface area contributed by atoms with E-state index in [9.17, 15) is 24.3 Å². The second-order valence-electron chi connectivity index (χ2n) is 13.4. The molecule has 2 fully saturated rings. The Bertz CT molecular complexity index is 1540. The lowest BCUT2D eigenvalue weighted by Crippen LogP contribution is -2.63. The van der Waals surface area contributed by atoms with Crippen LogP contribution < -0.4 is 15.0 Å². The second-order valence-corrected chi connectivity index (χ2v) is 14.2. The molecule has 50 heavy (non-hydrogen) atoms. The van der Waals surface area contributed by atoms with E-state index in [1.54, 1.807) is 45.2 Å². The SMILES string of the molecule is COc1cc2cc(c1Cl)N(C)C(=O)C[C@H](OC(=O)[C@H](C)N(C)C(=O)CCS)[C@]1(C)O[C@@H]1[C@H](C)[C@H]1C[C@@](O)(NC(=O)O1)[C@@H](OC)C=CC=C(C)C2. The number of rotatable bonds is 7. The first-order valence-electron chi connectivity index (χ1n) is 16.4. The molecule has 1 aromatic carbocycles. The van der Waals surface area contributed by atoms with Crippen molar-refractivity contribution in [3.05, 3.63) is 46.5 Å². The topological polar surface area (TPSA) is 156 Å². The van der Waals surface area contributed by atoms with Gasteiger partial charge in [-0.2, -0.15) is 12.6 Å². The zero-order chi connectivity index (χ0) is 37.1. The molecule has 3 amide bonds. The predicted molar refractivity (Wildman–Crippen MR) is 189 cm³/mol. The Labute approximate surface area is 303 Å². The van der Waals surface area contributed by atoms with Gasteiger partial charge in [0.1, 0.15) is 40.7 Å². The molecular formula is C35H48ClN3O10S.